The fourth-order valence-corrected chi connectivity index (χ4v) is 9.78. The Bertz CT molecular complexity index is 1140. The summed E-state index contributed by atoms with van der Waals surface area (Å²) in [5, 5.41) is 15.2. The third-order valence-electron chi connectivity index (χ3n) is 7.75. The molecule has 5 rings (SSSR count). The molecule has 3 aliphatic rings. The van der Waals surface area contributed by atoms with Crippen LogP contribution in [0.3, 0.4) is 0 Å². The molecule has 2 bridgehead atoms. The van der Waals surface area contributed by atoms with Gasteiger partial charge in [-0.25, -0.2) is 0 Å². The van der Waals surface area contributed by atoms with E-state index in [1.54, 1.807) is 16.7 Å². The van der Waals surface area contributed by atoms with Gasteiger partial charge in [-0.15, -0.1) is 11.8 Å². The average Bonchev–Trinajstić information content (AvgIpc) is 3.50. The minimum Gasteiger partial charge on any atom is -0.396 e. The fourth-order valence-electron chi connectivity index (χ4n) is 6.17. The van der Waals surface area contributed by atoms with Gasteiger partial charge in [0.1, 0.15) is 6.04 Å². The molecule has 3 fully saturated rings. The summed E-state index contributed by atoms with van der Waals surface area (Å²) >= 11 is 5.44. The second-order valence-electron chi connectivity index (χ2n) is 10.0. The first kappa shape index (κ1) is 26.3. The number of benzene rings is 2. The quantitative estimate of drug-likeness (QED) is 0.292. The molecule has 3 N–H and O–H groups in total. The second kappa shape index (κ2) is 11.2. The van der Waals surface area contributed by atoms with Gasteiger partial charge in [-0.05, 0) is 43.4 Å². The summed E-state index contributed by atoms with van der Waals surface area (Å²) in [7, 11) is 0. The Morgan fingerprint density at radius 3 is 2.43 bits per heavy atom. The van der Waals surface area contributed by atoms with Crippen LogP contribution in [0.4, 0.5) is 5.69 Å². The maximum absolute atomic E-state index is 14.0. The van der Waals surface area contributed by atoms with Gasteiger partial charge in [0.25, 0.3) is 0 Å². The van der Waals surface area contributed by atoms with E-state index in [0.29, 0.717) is 38.0 Å². The number of nitrogens with one attached hydrogen (secondary N) is 2. The van der Waals surface area contributed by atoms with Gasteiger partial charge in [0.2, 0.25) is 17.7 Å². The zero-order valence-corrected chi connectivity index (χ0v) is 22.9. The van der Waals surface area contributed by atoms with Crippen molar-refractivity contribution in [2.24, 2.45) is 11.8 Å². The highest BCUT2D eigenvalue weighted by molar-refractivity contribution is 9.09. The first-order valence-corrected chi connectivity index (χ1v) is 14.7. The number of para-hydroxylation sites is 1. The monoisotopic (exact) mass is 585 g/mol. The summed E-state index contributed by atoms with van der Waals surface area (Å²) in [6, 6.07) is 18.4. The summed E-state index contributed by atoms with van der Waals surface area (Å²) in [6.45, 7) is 0.922. The highest BCUT2D eigenvalue weighted by Gasteiger charge is 2.75. The van der Waals surface area contributed by atoms with Crippen molar-refractivity contribution in [2.75, 3.05) is 18.5 Å². The number of fused-ring (bicyclic) bond motifs is 1. The second-order valence-corrected chi connectivity index (χ2v) is 12.8. The molecule has 3 saturated heterocycles. The summed E-state index contributed by atoms with van der Waals surface area (Å²) < 4.78 is -0.660. The molecule has 3 amide bonds. The Morgan fingerprint density at radius 2 is 1.73 bits per heavy atom. The molecule has 3 unspecified atom stereocenters. The third-order valence-corrected chi connectivity index (χ3v) is 11.0. The molecular weight excluding hydrogens is 554 g/mol. The van der Waals surface area contributed by atoms with Gasteiger partial charge >= 0.3 is 0 Å². The minimum atomic E-state index is -0.660. The third kappa shape index (κ3) is 4.93. The van der Waals surface area contributed by atoms with Crippen LogP contribution in [-0.2, 0) is 20.9 Å². The van der Waals surface area contributed by atoms with E-state index in [0.717, 1.165) is 12.0 Å². The van der Waals surface area contributed by atoms with Crippen LogP contribution in [0.15, 0.2) is 60.7 Å². The number of aliphatic hydroxyl groups is 1. The van der Waals surface area contributed by atoms with Crippen LogP contribution in [0.2, 0.25) is 0 Å². The van der Waals surface area contributed by atoms with E-state index in [-0.39, 0.29) is 34.4 Å². The van der Waals surface area contributed by atoms with Crippen LogP contribution < -0.4 is 10.6 Å². The number of rotatable bonds is 10. The zero-order chi connectivity index (χ0) is 26.0. The van der Waals surface area contributed by atoms with Crippen LogP contribution >= 0.6 is 27.7 Å². The number of aliphatic hydroxyl groups excluding tert-OH is 1. The largest absolute Gasteiger partial charge is 0.396 e. The fraction of sp³-hybridized carbons (Fsp3) is 0.464. The number of hydrogen-bond donors (Lipinski definition) is 3. The molecule has 9 heteroatoms. The Kier molecular flexibility index (Phi) is 7.93. The van der Waals surface area contributed by atoms with Gasteiger partial charge < -0.3 is 20.6 Å². The minimum absolute atomic E-state index is 0.0341. The van der Waals surface area contributed by atoms with Gasteiger partial charge in [0.05, 0.1) is 16.6 Å². The Hall–Kier alpha value is -2.36. The van der Waals surface area contributed by atoms with Gasteiger partial charge in [-0.2, -0.15) is 0 Å². The van der Waals surface area contributed by atoms with Gasteiger partial charge in [-0.3, -0.25) is 14.4 Å². The topological polar surface area (TPSA) is 98.7 Å². The Labute approximate surface area is 229 Å². The number of nitrogens with zero attached hydrogens (tertiary/aromatic N) is 1. The molecule has 1 spiro atoms. The SMILES string of the molecule is O=C(NCc1ccccc1)C1N(CCCCCO)C(=O)[C@@H]2[C@H](C(=O)Nc3ccccc3)[C@H]3SC12CC3Br. The van der Waals surface area contributed by atoms with Crippen molar-refractivity contribution in [3.8, 4) is 0 Å². The highest BCUT2D eigenvalue weighted by atomic mass is 79.9. The van der Waals surface area contributed by atoms with Gasteiger partial charge in [-0.1, -0.05) is 64.5 Å². The predicted molar refractivity (Wildman–Crippen MR) is 148 cm³/mol. The maximum atomic E-state index is 14.0. The molecular formula is C28H32BrN3O4S. The number of amides is 3. The molecule has 37 heavy (non-hydrogen) atoms. The number of thioether (sulfide) groups is 1. The number of unbranched alkanes of at least 4 members (excludes halogenated alkanes) is 2. The van der Waals surface area contributed by atoms with Crippen molar-refractivity contribution in [1.29, 1.82) is 0 Å². The van der Waals surface area contributed by atoms with Crippen LogP contribution in [0.5, 0.6) is 0 Å². The predicted octanol–water partition coefficient (Wildman–Crippen LogP) is 3.57. The van der Waals surface area contributed by atoms with E-state index in [9.17, 15) is 19.5 Å². The number of likely N-dealkylation sites (tertiary alicyclic amines) is 1. The number of alkyl halides is 1. The maximum Gasteiger partial charge on any atom is 0.244 e. The Morgan fingerprint density at radius 1 is 1.03 bits per heavy atom. The lowest BCUT2D eigenvalue weighted by molar-refractivity contribution is -0.139. The van der Waals surface area contributed by atoms with Crippen molar-refractivity contribution < 1.29 is 19.5 Å². The molecule has 0 saturated carbocycles. The molecule has 196 valence electrons. The number of anilines is 1. The Balaban J connectivity index is 1.42. The van der Waals surface area contributed by atoms with E-state index in [2.05, 4.69) is 26.6 Å². The van der Waals surface area contributed by atoms with E-state index < -0.39 is 22.6 Å². The number of halogens is 1. The zero-order valence-electron chi connectivity index (χ0n) is 20.5. The van der Waals surface area contributed by atoms with E-state index in [4.69, 9.17) is 0 Å². The lowest BCUT2D eigenvalue weighted by atomic mass is 9.70. The molecule has 2 aromatic carbocycles. The van der Waals surface area contributed by atoms with E-state index in [1.165, 1.54) is 0 Å². The number of hydrogen-bond acceptors (Lipinski definition) is 5. The molecule has 0 radical (unpaired) electrons. The summed E-state index contributed by atoms with van der Waals surface area (Å²) in [4.78, 5) is 43.1. The summed E-state index contributed by atoms with van der Waals surface area (Å²) in [6.07, 6.45) is 2.78. The van der Waals surface area contributed by atoms with Crippen LogP contribution in [0.1, 0.15) is 31.2 Å². The molecule has 6 atom stereocenters. The van der Waals surface area contributed by atoms with Crippen LogP contribution in [0, 0.1) is 11.8 Å². The average molecular weight is 587 g/mol. The molecule has 3 aliphatic heterocycles. The first-order chi connectivity index (χ1) is 18.0. The summed E-state index contributed by atoms with van der Waals surface area (Å²) in [5.41, 5.74) is 1.69. The molecule has 7 nitrogen and oxygen atoms in total. The van der Waals surface area contributed by atoms with Crippen molar-refractivity contribution in [1.82, 2.24) is 10.2 Å². The lowest BCUT2D eigenvalue weighted by Crippen LogP contribution is -2.54. The van der Waals surface area contributed by atoms with Gasteiger partial charge in [0.15, 0.2) is 0 Å². The van der Waals surface area contributed by atoms with Crippen molar-refractivity contribution in [3.63, 3.8) is 0 Å². The van der Waals surface area contributed by atoms with Crippen molar-refractivity contribution in [3.05, 3.63) is 66.2 Å². The van der Waals surface area contributed by atoms with Crippen LogP contribution in [-0.4, -0.2) is 61.7 Å². The van der Waals surface area contributed by atoms with E-state index in [1.807, 2.05) is 60.7 Å². The summed E-state index contributed by atoms with van der Waals surface area (Å²) in [5.74, 6) is -1.52. The highest BCUT2D eigenvalue weighted by Crippen LogP contribution is 2.67. The van der Waals surface area contributed by atoms with Crippen LogP contribution in [0.25, 0.3) is 0 Å². The molecule has 0 aliphatic carbocycles. The molecule has 3 heterocycles. The van der Waals surface area contributed by atoms with Crippen molar-refractivity contribution in [2.45, 2.75) is 53.1 Å². The normalized spacial score (nSPS) is 29.8. The van der Waals surface area contributed by atoms with Crippen molar-refractivity contribution >= 4 is 51.1 Å². The first-order valence-electron chi connectivity index (χ1n) is 12.9. The molecule has 2 aromatic rings. The smallest absolute Gasteiger partial charge is 0.244 e. The number of carbonyl (C=O) groups excluding carboxylic acids is 3. The molecule has 0 aromatic heterocycles. The van der Waals surface area contributed by atoms with E-state index >= 15 is 0 Å². The standard InChI is InChI=1S/C28H32BrN3O4S/c29-20-16-28-22(21(23(20)37-28)25(34)31-19-12-6-2-7-13-19)27(36)32(14-8-3-9-15-33)24(28)26(35)30-17-18-10-4-1-5-11-18/h1-2,4-7,10-13,20-24,33H,3,8-9,14-17H2,(H,30,35)(H,31,34)/t20?,21-,22-,23-,24?,28?/m0/s1. The van der Waals surface area contributed by atoms with Gasteiger partial charge in [0, 0.05) is 35.5 Å². The number of carbonyl (C=O) groups is 3. The lowest BCUT2D eigenvalue weighted by Gasteiger charge is -2.35.